The van der Waals surface area contributed by atoms with Gasteiger partial charge >= 0.3 is 5.97 Å². The molecule has 3 rings (SSSR count). The molecular weight excluding hydrogens is 670 g/mol. The summed E-state index contributed by atoms with van der Waals surface area (Å²) >= 11 is 1.08. The van der Waals surface area contributed by atoms with E-state index in [9.17, 15) is 33.1 Å². The number of thioether (sulfide) groups is 1. The minimum Gasteiger partial charge on any atom is -0.480 e. The minimum absolute atomic E-state index is 0.00546. The lowest BCUT2D eigenvalue weighted by atomic mass is 9.82. The first-order valence-electron chi connectivity index (χ1n) is 16.1. The van der Waals surface area contributed by atoms with Gasteiger partial charge in [0.15, 0.2) is 0 Å². The largest absolute Gasteiger partial charge is 0.480 e. The van der Waals surface area contributed by atoms with Crippen LogP contribution < -0.4 is 22.1 Å². The maximum absolute atomic E-state index is 15.0. The number of carboxylic acid groups (broad SMARTS) is 1. The quantitative estimate of drug-likeness (QED) is 0.107. The molecule has 0 aliphatic rings. The van der Waals surface area contributed by atoms with E-state index >= 15 is 0 Å². The normalized spacial score (nSPS) is 13.3. The van der Waals surface area contributed by atoms with Gasteiger partial charge in [-0.2, -0.15) is 0 Å². The van der Waals surface area contributed by atoms with Gasteiger partial charge in [-0.25, -0.2) is 8.78 Å². The van der Waals surface area contributed by atoms with E-state index in [0.29, 0.717) is 17.8 Å². The van der Waals surface area contributed by atoms with Crippen molar-refractivity contribution in [1.82, 2.24) is 20.1 Å². The second-order valence-electron chi connectivity index (χ2n) is 12.9. The molecule has 0 fully saturated rings. The van der Waals surface area contributed by atoms with Crippen molar-refractivity contribution in [2.24, 2.45) is 16.9 Å². The van der Waals surface area contributed by atoms with E-state index in [1.165, 1.54) is 4.90 Å². The number of aliphatic carboxylic acids is 1. The Morgan fingerprint density at radius 3 is 2.30 bits per heavy atom. The highest BCUT2D eigenvalue weighted by atomic mass is 32.2. The molecule has 0 radical (unpaired) electrons. The zero-order valence-electron chi connectivity index (χ0n) is 28.4. The number of amides is 3. The van der Waals surface area contributed by atoms with Crippen LogP contribution in [0.15, 0.2) is 60.8 Å². The average molecular weight is 717 g/mol. The molecule has 50 heavy (non-hydrogen) atoms. The van der Waals surface area contributed by atoms with E-state index in [2.05, 4.69) is 10.6 Å². The number of aromatic nitrogens is 1. The van der Waals surface area contributed by atoms with Gasteiger partial charge in [0.25, 0.3) is 0 Å². The summed E-state index contributed by atoms with van der Waals surface area (Å²) in [5, 5.41) is 24.1. The van der Waals surface area contributed by atoms with Crippen LogP contribution in [0.4, 0.5) is 8.78 Å². The summed E-state index contributed by atoms with van der Waals surface area (Å²) in [6, 6.07) is 11.6. The molecule has 0 aliphatic carbocycles. The van der Waals surface area contributed by atoms with Gasteiger partial charge in [0.2, 0.25) is 17.7 Å². The van der Waals surface area contributed by atoms with Crippen LogP contribution in [0.25, 0.3) is 11.1 Å². The van der Waals surface area contributed by atoms with Gasteiger partial charge in [-0.05, 0) is 41.7 Å². The fraction of sp³-hybridized carbons (Fsp3) is 0.429. The van der Waals surface area contributed by atoms with Gasteiger partial charge in [-0.3, -0.25) is 19.2 Å². The molecule has 272 valence electrons. The lowest BCUT2D eigenvalue weighted by Gasteiger charge is -2.41. The number of nitrogens with two attached hydrogens (primary N) is 2. The maximum atomic E-state index is 15.0. The van der Waals surface area contributed by atoms with Crippen LogP contribution in [0.2, 0.25) is 0 Å². The number of halogens is 2. The van der Waals surface area contributed by atoms with Crippen molar-refractivity contribution in [3.8, 4) is 11.1 Å². The van der Waals surface area contributed by atoms with Gasteiger partial charge in [-0.15, -0.1) is 11.8 Å². The van der Waals surface area contributed by atoms with Crippen molar-refractivity contribution in [3.05, 3.63) is 83.7 Å². The Labute approximate surface area is 294 Å². The molecule has 0 bridgehead atoms. The molecular formula is C35H46F2N6O6S. The Morgan fingerprint density at radius 2 is 1.66 bits per heavy atom. The lowest BCUT2D eigenvalue weighted by molar-refractivity contribution is -0.140. The molecule has 0 saturated heterocycles. The van der Waals surface area contributed by atoms with Crippen molar-refractivity contribution in [2.75, 3.05) is 37.7 Å². The van der Waals surface area contributed by atoms with Crippen LogP contribution >= 0.6 is 11.8 Å². The van der Waals surface area contributed by atoms with Crippen molar-refractivity contribution in [3.63, 3.8) is 0 Å². The van der Waals surface area contributed by atoms with Crippen LogP contribution in [-0.2, 0) is 25.7 Å². The summed E-state index contributed by atoms with van der Waals surface area (Å²) in [5.74, 6) is -3.75. The van der Waals surface area contributed by atoms with Crippen molar-refractivity contribution >= 4 is 35.5 Å². The topological polar surface area (TPSA) is 193 Å². The molecule has 8 N–H and O–H groups in total. The third kappa shape index (κ3) is 11.6. The summed E-state index contributed by atoms with van der Waals surface area (Å²) in [6.07, 6.45) is 1.74. The lowest BCUT2D eigenvalue weighted by Crippen LogP contribution is -2.48. The number of nitrogens with one attached hydrogen (secondary N) is 2. The predicted molar refractivity (Wildman–Crippen MR) is 188 cm³/mol. The third-order valence-electron chi connectivity index (χ3n) is 7.84. The molecule has 3 amide bonds. The molecule has 0 saturated carbocycles. The van der Waals surface area contributed by atoms with Crippen LogP contribution in [0, 0.1) is 17.0 Å². The first-order valence-corrected chi connectivity index (χ1v) is 17.2. The van der Waals surface area contributed by atoms with Gasteiger partial charge < -0.3 is 41.8 Å². The number of carbonyl (C=O) groups is 4. The molecule has 2 aromatic carbocycles. The van der Waals surface area contributed by atoms with Crippen LogP contribution in [-0.4, -0.2) is 93.2 Å². The van der Waals surface area contributed by atoms with E-state index in [4.69, 9.17) is 16.6 Å². The van der Waals surface area contributed by atoms with E-state index in [0.717, 1.165) is 35.5 Å². The monoisotopic (exact) mass is 716 g/mol. The molecule has 0 unspecified atom stereocenters. The fourth-order valence-electron chi connectivity index (χ4n) is 5.43. The Bertz CT molecular complexity index is 1620. The first-order chi connectivity index (χ1) is 23.6. The summed E-state index contributed by atoms with van der Waals surface area (Å²) in [7, 11) is 0. The predicted octanol–water partition coefficient (Wildman–Crippen LogP) is 2.48. The number of carbonyl (C=O) groups excluding carboxylic acids is 3. The number of carboxylic acids is 1. The molecule has 15 heteroatoms. The highest BCUT2D eigenvalue weighted by Crippen LogP contribution is 2.41. The molecule has 0 aliphatic heterocycles. The number of nitrogens with zero attached hydrogens (tertiary/aromatic N) is 2. The van der Waals surface area contributed by atoms with Crippen molar-refractivity contribution < 1.29 is 38.2 Å². The average Bonchev–Trinajstić information content (AvgIpc) is 3.47. The standard InChI is InChI=1S/C35H46F2N6O6S/c1-35(2,3)32(29-15-23(25-16-24(36)9-10-26(25)37)18-42(29)17-22-7-5-4-6-8-22)43(31(46)19-44)14-11-27(38)33(47)41-13-12-40-30(45)21-50-20-28(39)34(48)49/h4-10,15-16,18,27-28,32,44H,11-14,17,19-21,38-39H2,1-3H3,(H,40,45)(H,41,47)(H,48,49)/t27-,28-,32-/m0/s1. The number of hydrogen-bond donors (Lipinski definition) is 6. The zero-order chi connectivity index (χ0) is 37.0. The molecule has 3 atom stereocenters. The van der Waals surface area contributed by atoms with Gasteiger partial charge in [-0.1, -0.05) is 51.1 Å². The van der Waals surface area contributed by atoms with Crippen molar-refractivity contribution in [2.45, 2.75) is 51.9 Å². The number of aliphatic hydroxyl groups excluding tert-OH is 1. The van der Waals surface area contributed by atoms with Gasteiger partial charge in [0.05, 0.1) is 17.8 Å². The second-order valence-corrected chi connectivity index (χ2v) is 13.9. The van der Waals surface area contributed by atoms with Crippen LogP contribution in [0.1, 0.15) is 44.5 Å². The Hall–Kier alpha value is -4.31. The highest BCUT2D eigenvalue weighted by molar-refractivity contribution is 8.00. The molecule has 1 heterocycles. The van der Waals surface area contributed by atoms with E-state index in [-0.39, 0.29) is 49.0 Å². The van der Waals surface area contributed by atoms with Gasteiger partial charge in [0, 0.05) is 54.9 Å². The van der Waals surface area contributed by atoms with Crippen LogP contribution in [0.5, 0.6) is 0 Å². The number of hydrogen-bond acceptors (Lipinski definition) is 8. The smallest absolute Gasteiger partial charge is 0.321 e. The number of rotatable bonds is 18. The molecule has 3 aromatic rings. The Kier molecular flexibility index (Phi) is 14.9. The fourth-order valence-corrected chi connectivity index (χ4v) is 6.23. The first kappa shape index (κ1) is 40.1. The summed E-state index contributed by atoms with van der Waals surface area (Å²) in [4.78, 5) is 50.4. The highest BCUT2D eigenvalue weighted by Gasteiger charge is 2.37. The molecule has 1 aromatic heterocycles. The molecule has 12 nitrogen and oxygen atoms in total. The van der Waals surface area contributed by atoms with E-state index < -0.39 is 59.6 Å². The number of benzene rings is 2. The van der Waals surface area contributed by atoms with E-state index in [1.54, 1.807) is 12.3 Å². The van der Waals surface area contributed by atoms with Gasteiger partial charge in [0.1, 0.15) is 24.3 Å². The summed E-state index contributed by atoms with van der Waals surface area (Å²) < 4.78 is 31.1. The minimum atomic E-state index is -1.15. The summed E-state index contributed by atoms with van der Waals surface area (Å²) in [5.41, 5.74) is 13.0. The zero-order valence-corrected chi connectivity index (χ0v) is 29.2. The SMILES string of the molecule is CC(C)(C)[C@H](c1cc(-c2cc(F)ccc2F)cn1Cc1ccccc1)N(CC[C@H](N)C(=O)NCCNC(=O)CSC[C@H](N)C(=O)O)C(=O)CO. The second kappa shape index (κ2) is 18.6. The maximum Gasteiger partial charge on any atom is 0.321 e. The van der Waals surface area contributed by atoms with Crippen molar-refractivity contribution in [1.29, 1.82) is 0 Å². The third-order valence-corrected chi connectivity index (χ3v) is 8.91. The Morgan fingerprint density at radius 1 is 0.980 bits per heavy atom. The van der Waals surface area contributed by atoms with Crippen LogP contribution in [0.3, 0.4) is 0 Å². The van der Waals surface area contributed by atoms with E-state index in [1.807, 2.05) is 55.7 Å². The summed E-state index contributed by atoms with van der Waals surface area (Å²) in [6.45, 7) is 5.47. The number of aliphatic hydroxyl groups is 1. The molecule has 0 spiro atoms. The Balaban J connectivity index is 1.77.